The highest BCUT2D eigenvalue weighted by Gasteiger charge is 2.10. The molecule has 118 valence electrons. The lowest BCUT2D eigenvalue weighted by Crippen LogP contribution is -2.26. The van der Waals surface area contributed by atoms with E-state index in [-0.39, 0.29) is 5.91 Å². The van der Waals surface area contributed by atoms with Gasteiger partial charge in [-0.1, -0.05) is 16.8 Å². The number of anilines is 1. The van der Waals surface area contributed by atoms with Crippen LogP contribution in [0.25, 0.3) is 0 Å². The molecule has 1 heterocycles. The smallest absolute Gasteiger partial charge is 0.251 e. The zero-order valence-electron chi connectivity index (χ0n) is 12.4. The van der Waals surface area contributed by atoms with E-state index in [4.69, 9.17) is 20.9 Å². The van der Waals surface area contributed by atoms with Crippen LogP contribution < -0.4 is 10.6 Å². The number of rotatable bonds is 7. The van der Waals surface area contributed by atoms with Crippen molar-refractivity contribution in [3.8, 4) is 0 Å². The van der Waals surface area contributed by atoms with Crippen molar-refractivity contribution in [2.75, 3.05) is 25.6 Å². The minimum Gasteiger partial charge on any atom is -0.383 e. The Morgan fingerprint density at radius 3 is 2.95 bits per heavy atom. The van der Waals surface area contributed by atoms with Gasteiger partial charge in [-0.2, -0.15) is 4.98 Å². The van der Waals surface area contributed by atoms with Gasteiger partial charge in [-0.3, -0.25) is 4.79 Å². The summed E-state index contributed by atoms with van der Waals surface area (Å²) in [4.78, 5) is 16.1. The summed E-state index contributed by atoms with van der Waals surface area (Å²) in [6, 6.07) is 4.99. The van der Waals surface area contributed by atoms with Gasteiger partial charge >= 0.3 is 0 Å². The predicted octanol–water partition coefficient (Wildman–Crippen LogP) is 2.02. The molecule has 2 aromatic rings. The summed E-state index contributed by atoms with van der Waals surface area (Å²) < 4.78 is 9.90. The molecule has 0 aliphatic heterocycles. The van der Waals surface area contributed by atoms with E-state index < -0.39 is 0 Å². The Morgan fingerprint density at radius 2 is 2.27 bits per heavy atom. The minimum absolute atomic E-state index is 0.189. The first-order valence-electron chi connectivity index (χ1n) is 6.70. The van der Waals surface area contributed by atoms with Crippen LogP contribution in [0.15, 0.2) is 22.7 Å². The Balaban J connectivity index is 2.01. The van der Waals surface area contributed by atoms with E-state index in [1.54, 1.807) is 32.2 Å². The van der Waals surface area contributed by atoms with Gasteiger partial charge in [0.2, 0.25) is 5.89 Å². The molecule has 8 heteroatoms. The van der Waals surface area contributed by atoms with E-state index in [1.165, 1.54) is 0 Å². The molecule has 0 bridgehead atoms. The Morgan fingerprint density at radius 1 is 1.45 bits per heavy atom. The van der Waals surface area contributed by atoms with Gasteiger partial charge in [0.05, 0.1) is 23.9 Å². The third-order valence-electron chi connectivity index (χ3n) is 2.82. The second kappa shape index (κ2) is 7.77. The number of carbonyl (C=O) groups excluding carboxylic acids is 1. The molecule has 1 aromatic heterocycles. The zero-order valence-corrected chi connectivity index (χ0v) is 13.1. The SMILES string of the molecule is COCCNC(=O)c1ccc(Cl)c(NCc2nc(C)no2)c1. The summed E-state index contributed by atoms with van der Waals surface area (Å²) in [6.45, 7) is 2.98. The number of halogens is 1. The molecule has 1 amide bonds. The van der Waals surface area contributed by atoms with Gasteiger partial charge in [0.1, 0.15) is 0 Å². The van der Waals surface area contributed by atoms with Crippen molar-refractivity contribution in [3.05, 3.63) is 40.5 Å². The summed E-state index contributed by atoms with van der Waals surface area (Å²) in [5, 5.41) is 10.0. The monoisotopic (exact) mass is 324 g/mol. The zero-order chi connectivity index (χ0) is 15.9. The summed E-state index contributed by atoms with van der Waals surface area (Å²) in [5.41, 5.74) is 1.13. The Kier molecular flexibility index (Phi) is 5.74. The van der Waals surface area contributed by atoms with Gasteiger partial charge < -0.3 is 19.9 Å². The van der Waals surface area contributed by atoms with E-state index in [9.17, 15) is 4.79 Å². The largest absolute Gasteiger partial charge is 0.383 e. The highest BCUT2D eigenvalue weighted by molar-refractivity contribution is 6.33. The van der Waals surface area contributed by atoms with Crippen LogP contribution in [0.5, 0.6) is 0 Å². The van der Waals surface area contributed by atoms with Gasteiger partial charge in [-0.25, -0.2) is 0 Å². The van der Waals surface area contributed by atoms with Crippen LogP contribution in [-0.2, 0) is 11.3 Å². The molecule has 0 aliphatic carbocycles. The van der Waals surface area contributed by atoms with E-state index in [2.05, 4.69) is 20.8 Å². The first-order valence-corrected chi connectivity index (χ1v) is 7.07. The molecule has 2 N–H and O–H groups in total. The molecule has 0 saturated carbocycles. The molecule has 2 rings (SSSR count). The number of amides is 1. The van der Waals surface area contributed by atoms with Crippen molar-refractivity contribution in [3.63, 3.8) is 0 Å². The lowest BCUT2D eigenvalue weighted by Gasteiger charge is -2.09. The van der Waals surface area contributed by atoms with E-state index >= 15 is 0 Å². The fourth-order valence-corrected chi connectivity index (χ4v) is 1.94. The summed E-state index contributed by atoms with van der Waals surface area (Å²) in [5.74, 6) is 0.822. The lowest BCUT2D eigenvalue weighted by molar-refractivity contribution is 0.0937. The number of hydrogen-bond donors (Lipinski definition) is 2. The fraction of sp³-hybridized carbons (Fsp3) is 0.357. The molecule has 7 nitrogen and oxygen atoms in total. The van der Waals surface area contributed by atoms with Gasteiger partial charge in [-0.05, 0) is 25.1 Å². The minimum atomic E-state index is -0.189. The van der Waals surface area contributed by atoms with Crippen molar-refractivity contribution in [1.82, 2.24) is 15.5 Å². The fourth-order valence-electron chi connectivity index (χ4n) is 1.75. The van der Waals surface area contributed by atoms with Crippen LogP contribution in [0, 0.1) is 6.92 Å². The molecule has 0 spiro atoms. The lowest BCUT2D eigenvalue weighted by atomic mass is 10.2. The average molecular weight is 325 g/mol. The molecule has 0 atom stereocenters. The molecule has 0 unspecified atom stereocenters. The Hall–Kier alpha value is -2.12. The molecule has 0 aliphatic rings. The van der Waals surface area contributed by atoms with Crippen LogP contribution in [0.4, 0.5) is 5.69 Å². The molecule has 22 heavy (non-hydrogen) atoms. The van der Waals surface area contributed by atoms with Crippen LogP contribution in [0.3, 0.4) is 0 Å². The number of benzene rings is 1. The maximum Gasteiger partial charge on any atom is 0.251 e. The van der Waals surface area contributed by atoms with Crippen molar-refractivity contribution in [2.24, 2.45) is 0 Å². The molecule has 0 saturated heterocycles. The van der Waals surface area contributed by atoms with Gasteiger partial charge in [0.25, 0.3) is 5.91 Å². The third-order valence-corrected chi connectivity index (χ3v) is 3.15. The van der Waals surface area contributed by atoms with Gasteiger partial charge in [0.15, 0.2) is 5.82 Å². The highest BCUT2D eigenvalue weighted by atomic mass is 35.5. The van der Waals surface area contributed by atoms with Crippen molar-refractivity contribution >= 4 is 23.2 Å². The predicted molar refractivity (Wildman–Crippen MR) is 82.0 cm³/mol. The van der Waals surface area contributed by atoms with Crippen molar-refractivity contribution in [1.29, 1.82) is 0 Å². The standard InChI is InChI=1S/C14H17ClN4O3/c1-9-18-13(22-19-9)8-17-12-7-10(3-4-11(12)15)14(20)16-5-6-21-2/h3-4,7,17H,5-6,8H2,1-2H3,(H,16,20). The maximum atomic E-state index is 12.0. The second-order valence-corrected chi connectivity index (χ2v) is 4.94. The number of carbonyl (C=O) groups is 1. The molecular weight excluding hydrogens is 308 g/mol. The molecule has 1 aromatic carbocycles. The number of aromatic nitrogens is 2. The molecule has 0 radical (unpaired) electrons. The van der Waals surface area contributed by atoms with Crippen molar-refractivity contribution < 1.29 is 14.1 Å². The highest BCUT2D eigenvalue weighted by Crippen LogP contribution is 2.23. The number of nitrogens with zero attached hydrogens (tertiary/aromatic N) is 2. The number of hydrogen-bond acceptors (Lipinski definition) is 6. The second-order valence-electron chi connectivity index (χ2n) is 4.53. The van der Waals surface area contributed by atoms with Crippen molar-refractivity contribution in [2.45, 2.75) is 13.5 Å². The van der Waals surface area contributed by atoms with E-state index in [0.717, 1.165) is 0 Å². The van der Waals surface area contributed by atoms with E-state index in [1.807, 2.05) is 0 Å². The summed E-state index contributed by atoms with van der Waals surface area (Å²) in [6.07, 6.45) is 0. The first-order chi connectivity index (χ1) is 10.6. The van der Waals surface area contributed by atoms with Gasteiger partial charge in [0, 0.05) is 19.2 Å². The van der Waals surface area contributed by atoms with Crippen LogP contribution in [-0.4, -0.2) is 36.3 Å². The van der Waals surface area contributed by atoms with Crippen LogP contribution in [0.1, 0.15) is 22.1 Å². The number of ether oxygens (including phenoxy) is 1. The topological polar surface area (TPSA) is 89.3 Å². The third kappa shape index (κ3) is 4.44. The van der Waals surface area contributed by atoms with Crippen LogP contribution >= 0.6 is 11.6 Å². The molecular formula is C14H17ClN4O3. The summed E-state index contributed by atoms with van der Waals surface area (Å²) >= 11 is 6.12. The van der Waals surface area contributed by atoms with Crippen LogP contribution in [0.2, 0.25) is 5.02 Å². The summed E-state index contributed by atoms with van der Waals surface area (Å²) in [7, 11) is 1.58. The quantitative estimate of drug-likeness (QED) is 0.757. The maximum absolute atomic E-state index is 12.0. The number of nitrogens with one attached hydrogen (secondary N) is 2. The Bertz CT molecular complexity index is 645. The van der Waals surface area contributed by atoms with E-state index in [0.29, 0.717) is 47.7 Å². The first kappa shape index (κ1) is 16.3. The molecule has 0 fully saturated rings. The average Bonchev–Trinajstić information content (AvgIpc) is 2.92. The van der Waals surface area contributed by atoms with Gasteiger partial charge in [-0.15, -0.1) is 0 Å². The Labute approximate surface area is 133 Å². The number of aryl methyl sites for hydroxylation is 1. The normalized spacial score (nSPS) is 10.5. The number of methoxy groups -OCH3 is 1.